The minimum atomic E-state index is -0.762. The van der Waals surface area contributed by atoms with Gasteiger partial charge in [0.05, 0.1) is 6.21 Å². The van der Waals surface area contributed by atoms with Gasteiger partial charge in [-0.15, -0.1) is 5.01 Å². The summed E-state index contributed by atoms with van der Waals surface area (Å²) in [5.74, 6) is 0.337. The van der Waals surface area contributed by atoms with Gasteiger partial charge in [-0.3, -0.25) is 4.79 Å². The predicted molar refractivity (Wildman–Crippen MR) is 84.8 cm³/mol. The molecular formula is C16H18ClN3O2. The topological polar surface area (TPSA) is 61.8 Å². The van der Waals surface area contributed by atoms with Crippen molar-refractivity contribution in [1.82, 2.24) is 10.3 Å². The predicted octanol–water partition coefficient (Wildman–Crippen LogP) is 3.17. The van der Waals surface area contributed by atoms with Gasteiger partial charge in [-0.1, -0.05) is 36.7 Å². The molecule has 1 aromatic rings. The third-order valence-corrected chi connectivity index (χ3v) is 4.83. The maximum Gasteiger partial charge on any atom is 0.346 e. The summed E-state index contributed by atoms with van der Waals surface area (Å²) in [4.78, 5) is 24.7. The van der Waals surface area contributed by atoms with E-state index in [1.807, 2.05) is 12.1 Å². The molecule has 1 aromatic carbocycles. The molecular weight excluding hydrogens is 302 g/mol. The second-order valence-electron chi connectivity index (χ2n) is 6.08. The third-order valence-electron chi connectivity index (χ3n) is 4.49. The van der Waals surface area contributed by atoms with Crippen molar-refractivity contribution in [2.24, 2.45) is 11.0 Å². The first-order chi connectivity index (χ1) is 10.5. The molecule has 0 radical (unpaired) electrons. The van der Waals surface area contributed by atoms with Gasteiger partial charge in [0.2, 0.25) is 0 Å². The van der Waals surface area contributed by atoms with Crippen molar-refractivity contribution in [3.8, 4) is 0 Å². The highest BCUT2D eigenvalue weighted by atomic mass is 35.5. The zero-order valence-electron chi connectivity index (χ0n) is 12.4. The van der Waals surface area contributed by atoms with Gasteiger partial charge in [0.25, 0.3) is 5.91 Å². The zero-order chi connectivity index (χ0) is 15.7. The molecule has 1 N–H and O–H groups in total. The average molecular weight is 320 g/mol. The van der Waals surface area contributed by atoms with Crippen molar-refractivity contribution in [2.45, 2.75) is 38.1 Å². The molecule has 6 heteroatoms. The largest absolute Gasteiger partial charge is 0.346 e. The van der Waals surface area contributed by atoms with Gasteiger partial charge in [0.1, 0.15) is 5.54 Å². The maximum atomic E-state index is 12.6. The number of halogens is 1. The standard InChI is InChI=1S/C16H18ClN3O2/c1-11-6-8-16(9-7-11)14(21)20(15(22)19-16)18-10-12-4-2-3-5-13(12)17/h2-5,10-11H,6-9H2,1H3,(H,19,22)/b18-10-. The Kier molecular flexibility index (Phi) is 3.91. The highest BCUT2D eigenvalue weighted by Gasteiger charge is 2.52. The number of imide groups is 1. The van der Waals surface area contributed by atoms with Crippen LogP contribution in [0.4, 0.5) is 4.79 Å². The molecule has 1 aliphatic carbocycles. The lowest BCUT2D eigenvalue weighted by molar-refractivity contribution is -0.132. The fourth-order valence-electron chi connectivity index (χ4n) is 3.00. The molecule has 0 bridgehead atoms. The van der Waals surface area contributed by atoms with E-state index in [1.54, 1.807) is 12.1 Å². The van der Waals surface area contributed by atoms with Crippen molar-refractivity contribution in [2.75, 3.05) is 0 Å². The van der Waals surface area contributed by atoms with E-state index in [0.717, 1.165) is 17.9 Å². The second-order valence-corrected chi connectivity index (χ2v) is 6.49. The van der Waals surface area contributed by atoms with Crippen LogP contribution in [0.15, 0.2) is 29.4 Å². The number of amides is 3. The van der Waals surface area contributed by atoms with Gasteiger partial charge in [-0.2, -0.15) is 5.10 Å². The van der Waals surface area contributed by atoms with E-state index in [1.165, 1.54) is 6.21 Å². The number of benzene rings is 1. The summed E-state index contributed by atoms with van der Waals surface area (Å²) in [6, 6.07) is 6.69. The van der Waals surface area contributed by atoms with Crippen LogP contribution in [0.3, 0.4) is 0 Å². The van der Waals surface area contributed by atoms with Crippen molar-refractivity contribution in [3.63, 3.8) is 0 Å². The molecule has 22 heavy (non-hydrogen) atoms. The molecule has 1 spiro atoms. The summed E-state index contributed by atoms with van der Waals surface area (Å²) in [5.41, 5.74) is -0.0931. The number of hydrogen-bond acceptors (Lipinski definition) is 3. The molecule has 1 saturated heterocycles. The van der Waals surface area contributed by atoms with Gasteiger partial charge < -0.3 is 5.32 Å². The SMILES string of the molecule is CC1CCC2(CC1)NC(=O)N(/N=C\c1ccccc1Cl)C2=O. The number of carbonyl (C=O) groups excluding carboxylic acids is 2. The van der Waals surface area contributed by atoms with E-state index in [4.69, 9.17) is 11.6 Å². The Morgan fingerprint density at radius 1 is 1.32 bits per heavy atom. The summed E-state index contributed by atoms with van der Waals surface area (Å²) in [7, 11) is 0. The number of carbonyl (C=O) groups is 2. The first kappa shape index (κ1) is 15.0. The first-order valence-electron chi connectivity index (χ1n) is 7.47. The van der Waals surface area contributed by atoms with Crippen LogP contribution in [0.5, 0.6) is 0 Å². The van der Waals surface area contributed by atoms with Gasteiger partial charge in [0, 0.05) is 10.6 Å². The van der Waals surface area contributed by atoms with E-state index in [2.05, 4.69) is 17.3 Å². The van der Waals surface area contributed by atoms with Crippen LogP contribution in [0.2, 0.25) is 5.02 Å². The van der Waals surface area contributed by atoms with Crippen LogP contribution in [0.1, 0.15) is 38.2 Å². The lowest BCUT2D eigenvalue weighted by Gasteiger charge is -2.33. The minimum absolute atomic E-state index is 0.257. The normalized spacial score (nSPS) is 28.6. The molecule has 2 aliphatic rings. The molecule has 2 fully saturated rings. The highest BCUT2D eigenvalue weighted by molar-refractivity contribution is 6.33. The molecule has 0 unspecified atom stereocenters. The average Bonchev–Trinajstić information content (AvgIpc) is 2.73. The maximum absolute atomic E-state index is 12.6. The van der Waals surface area contributed by atoms with E-state index in [-0.39, 0.29) is 5.91 Å². The summed E-state index contributed by atoms with van der Waals surface area (Å²) < 4.78 is 0. The van der Waals surface area contributed by atoms with E-state index in [9.17, 15) is 9.59 Å². The van der Waals surface area contributed by atoms with Crippen LogP contribution in [-0.4, -0.2) is 28.7 Å². The number of hydrazone groups is 1. The zero-order valence-corrected chi connectivity index (χ0v) is 13.1. The molecule has 1 saturated carbocycles. The summed E-state index contributed by atoms with van der Waals surface area (Å²) in [6.45, 7) is 2.17. The highest BCUT2D eigenvalue weighted by Crippen LogP contribution is 2.36. The number of nitrogens with one attached hydrogen (secondary N) is 1. The molecule has 0 aromatic heterocycles. The fourth-order valence-corrected chi connectivity index (χ4v) is 3.19. The van der Waals surface area contributed by atoms with Gasteiger partial charge in [-0.05, 0) is 37.7 Å². The smallest absolute Gasteiger partial charge is 0.321 e. The molecule has 5 nitrogen and oxygen atoms in total. The molecule has 1 heterocycles. The Balaban J connectivity index is 1.79. The van der Waals surface area contributed by atoms with Gasteiger partial charge >= 0.3 is 6.03 Å². The van der Waals surface area contributed by atoms with E-state index in [0.29, 0.717) is 29.3 Å². The van der Waals surface area contributed by atoms with Crippen molar-refractivity contribution < 1.29 is 9.59 Å². The number of hydrogen-bond donors (Lipinski definition) is 1. The quantitative estimate of drug-likeness (QED) is 0.672. The minimum Gasteiger partial charge on any atom is -0.321 e. The Labute approximate surface area is 134 Å². The number of nitrogens with zero attached hydrogens (tertiary/aromatic N) is 2. The third kappa shape index (κ3) is 2.61. The Morgan fingerprint density at radius 2 is 2.00 bits per heavy atom. The second kappa shape index (κ2) is 5.72. The van der Waals surface area contributed by atoms with Gasteiger partial charge in [0.15, 0.2) is 0 Å². The van der Waals surface area contributed by atoms with E-state index >= 15 is 0 Å². The molecule has 3 amide bonds. The first-order valence-corrected chi connectivity index (χ1v) is 7.85. The number of rotatable bonds is 2. The van der Waals surface area contributed by atoms with Crippen LogP contribution in [0.25, 0.3) is 0 Å². The Bertz CT molecular complexity index is 636. The monoisotopic (exact) mass is 319 g/mol. The van der Waals surface area contributed by atoms with Crippen LogP contribution in [-0.2, 0) is 4.79 Å². The Hall–Kier alpha value is -1.88. The van der Waals surface area contributed by atoms with Crippen molar-refractivity contribution in [3.05, 3.63) is 34.9 Å². The van der Waals surface area contributed by atoms with Crippen LogP contribution < -0.4 is 5.32 Å². The molecule has 116 valence electrons. The summed E-state index contributed by atoms with van der Waals surface area (Å²) >= 11 is 6.05. The lowest BCUT2D eigenvalue weighted by atomic mass is 9.77. The van der Waals surface area contributed by atoms with Crippen molar-refractivity contribution in [1.29, 1.82) is 0 Å². The van der Waals surface area contributed by atoms with Gasteiger partial charge in [-0.25, -0.2) is 4.79 Å². The van der Waals surface area contributed by atoms with Crippen molar-refractivity contribution >= 4 is 29.8 Å². The van der Waals surface area contributed by atoms with Crippen LogP contribution in [0, 0.1) is 5.92 Å². The summed E-state index contributed by atoms with van der Waals surface area (Å²) in [5, 5.41) is 8.34. The number of urea groups is 1. The Morgan fingerprint density at radius 3 is 2.68 bits per heavy atom. The summed E-state index contributed by atoms with van der Waals surface area (Å²) in [6.07, 6.45) is 4.68. The van der Waals surface area contributed by atoms with E-state index < -0.39 is 11.6 Å². The fraction of sp³-hybridized carbons (Fsp3) is 0.438. The lowest BCUT2D eigenvalue weighted by Crippen LogP contribution is -2.49. The molecule has 0 atom stereocenters. The molecule has 3 rings (SSSR count). The van der Waals surface area contributed by atoms with Crippen LogP contribution >= 0.6 is 11.6 Å². The molecule has 1 aliphatic heterocycles.